The summed E-state index contributed by atoms with van der Waals surface area (Å²) in [6.45, 7) is 18.6. The third-order valence-corrected chi connectivity index (χ3v) is 32.1. The van der Waals surface area contributed by atoms with Gasteiger partial charge in [-0.25, -0.2) is 0 Å². The molecule has 12 fully saturated rings. The molecular weight excluding hydrogens is 1860 g/mol. The minimum absolute atomic E-state index is 0. The van der Waals surface area contributed by atoms with E-state index in [1.807, 2.05) is 72.8 Å². The second kappa shape index (κ2) is 50.7. The van der Waals surface area contributed by atoms with Gasteiger partial charge in [0.05, 0.1) is 66.5 Å². The summed E-state index contributed by atoms with van der Waals surface area (Å²) in [5.74, 6) is 0.889. The van der Waals surface area contributed by atoms with Crippen LogP contribution in [0.2, 0.25) is 0 Å². The molecular formula is C112H150Fe4N12O8+12. The summed E-state index contributed by atoms with van der Waals surface area (Å²) in [5.41, 5.74) is 10.1. The summed E-state index contributed by atoms with van der Waals surface area (Å²) in [7, 11) is 8.74. The third kappa shape index (κ3) is 24.6. The van der Waals surface area contributed by atoms with Crippen molar-refractivity contribution >= 4 is 113 Å². The number of hydrogen-bond donors (Lipinski definition) is 2. The molecule has 24 heteroatoms. The number of benzene rings is 8. The van der Waals surface area contributed by atoms with Crippen molar-refractivity contribution in [2.24, 2.45) is 23.7 Å². The van der Waals surface area contributed by atoms with Crippen LogP contribution in [0.1, 0.15) is 314 Å². The molecule has 8 aromatic rings. The van der Waals surface area contributed by atoms with Gasteiger partial charge in [0.2, 0.25) is 0 Å². The van der Waals surface area contributed by atoms with Crippen LogP contribution in [-0.2, 0) is 68.3 Å². The molecule has 0 atom stereocenters. The summed E-state index contributed by atoms with van der Waals surface area (Å²) in [5, 5.41) is 7.53. The Hall–Kier alpha value is -7.52. The van der Waals surface area contributed by atoms with Crippen LogP contribution in [0.4, 0.5) is 22.7 Å². The van der Waals surface area contributed by atoms with Crippen molar-refractivity contribution in [3.63, 3.8) is 0 Å². The van der Waals surface area contributed by atoms with Gasteiger partial charge in [0.15, 0.2) is 0 Å². The van der Waals surface area contributed by atoms with Gasteiger partial charge in [-0.1, -0.05) is 228 Å². The van der Waals surface area contributed by atoms with Gasteiger partial charge in [0.25, 0.3) is 47.3 Å². The number of hydrogen-bond acceptors (Lipinski definition) is 14. The van der Waals surface area contributed by atoms with Crippen LogP contribution in [0.25, 0.3) is 43.1 Å². The van der Waals surface area contributed by atoms with Crippen LogP contribution in [0.5, 0.6) is 0 Å². The van der Waals surface area contributed by atoms with Crippen molar-refractivity contribution in [2.45, 2.75) is 231 Å². The molecule has 2 N–H and O–H groups in total. The van der Waals surface area contributed by atoms with E-state index in [-0.39, 0.29) is 116 Å². The molecule has 20 nitrogen and oxygen atoms in total. The fraction of sp³-hybridized carbons (Fsp3) is 0.571. The number of carbonyl (C=O) groups excluding carboxylic acids is 8. The zero-order chi connectivity index (χ0) is 91.1. The molecule has 8 aromatic carbocycles. The van der Waals surface area contributed by atoms with E-state index in [0.29, 0.717) is 94.4 Å². The third-order valence-electron chi connectivity index (χ3n) is 32.1. The molecule has 0 aromatic heterocycles. The number of nitrogens with zero attached hydrogens (tertiary/aromatic N) is 10. The number of imide groups is 4. The van der Waals surface area contributed by atoms with Gasteiger partial charge in [-0.3, -0.25) is 58.0 Å². The molecule has 0 spiro atoms. The Kier molecular flexibility index (Phi) is 39.5. The summed E-state index contributed by atoms with van der Waals surface area (Å²) in [6.07, 6.45) is 48.7. The molecule has 0 unspecified atom stereocenters. The number of carbonyl (C=O) groups is 8. The number of nitrogens with one attached hydrogen (secondary N) is 2. The van der Waals surface area contributed by atoms with E-state index < -0.39 is 0 Å². The second-order valence-electron chi connectivity index (χ2n) is 41.5. The largest absolute Gasteiger partial charge is 3.00 e. The predicted octanol–water partition coefficient (Wildman–Crippen LogP) is 18.5. The smallest absolute Gasteiger partial charge is 0.368 e. The van der Waals surface area contributed by atoms with Crippen molar-refractivity contribution in [1.29, 1.82) is 0 Å². The Morgan fingerprint density at radius 2 is 0.397 bits per heavy atom. The van der Waals surface area contributed by atoms with Gasteiger partial charge in [0, 0.05) is 189 Å². The molecule has 726 valence electrons. The van der Waals surface area contributed by atoms with Crippen molar-refractivity contribution < 1.29 is 116 Å². The van der Waals surface area contributed by atoms with E-state index in [0.717, 1.165) is 222 Å². The topological polar surface area (TPSA) is 178 Å². The molecule has 8 heterocycles. The Labute approximate surface area is 851 Å². The molecule has 2 radical (unpaired) electrons. The minimum Gasteiger partial charge on any atom is -0.368 e. The van der Waals surface area contributed by atoms with Crippen molar-refractivity contribution in [3.8, 4) is 0 Å². The van der Waals surface area contributed by atoms with E-state index in [4.69, 9.17) is 0 Å². The van der Waals surface area contributed by atoms with Crippen LogP contribution in [0.3, 0.4) is 0 Å². The Morgan fingerprint density at radius 3 is 0.581 bits per heavy atom. The summed E-state index contributed by atoms with van der Waals surface area (Å²) in [6, 6.07) is 39.8. The zero-order valence-corrected chi connectivity index (χ0v) is 86.0. The number of anilines is 4. The molecule has 8 aliphatic heterocycles. The SMILES string of the molecule is C1CCCC1.C1CCCC1.C1CCCC1.C1CCCC1.CN1CCN(c2ccc3c4c(cccc24)C(=O)N(CC2CCCC2)C3=O)CC1.CN1CCN(c2ccc3c4c(cccc24)C(=O)N(CC2CCCC2)C3=O)CC1.C[NH+]1CCN(c2ccc3c4c(cccc24)C(=O)N(CC2CCCC2)C3=O)CC1.C[NH+]1CCN(c2ccc3c4c(cccc24)C(=O)N(CC2CCCC2)C3=O)CC1.[Fe+2].[Fe+2].[Fe+3].[Fe+3]. The zero-order valence-electron chi connectivity index (χ0n) is 81.6. The first-order valence-corrected chi connectivity index (χ1v) is 52.2. The molecule has 136 heavy (non-hydrogen) atoms. The fourth-order valence-electron chi connectivity index (χ4n) is 24.0. The van der Waals surface area contributed by atoms with Crippen molar-refractivity contribution in [2.75, 3.05) is 179 Å². The van der Waals surface area contributed by atoms with Crippen LogP contribution >= 0.6 is 0 Å². The van der Waals surface area contributed by atoms with E-state index in [9.17, 15) is 38.4 Å². The minimum atomic E-state index is -0.120. The molecule has 24 rings (SSSR count). The van der Waals surface area contributed by atoms with Crippen LogP contribution in [0, 0.1) is 23.7 Å². The van der Waals surface area contributed by atoms with E-state index in [1.165, 1.54) is 199 Å². The first-order chi connectivity index (χ1) is 64.5. The first kappa shape index (κ1) is 106. The maximum absolute atomic E-state index is 13.2. The molecule has 8 amide bonds. The molecule has 4 saturated heterocycles. The summed E-state index contributed by atoms with van der Waals surface area (Å²) >= 11 is 0. The van der Waals surface area contributed by atoms with E-state index >= 15 is 0 Å². The van der Waals surface area contributed by atoms with Crippen LogP contribution in [-0.4, -0.2) is 236 Å². The van der Waals surface area contributed by atoms with Crippen LogP contribution < -0.4 is 29.4 Å². The molecule has 8 aliphatic carbocycles. The van der Waals surface area contributed by atoms with Gasteiger partial charge < -0.3 is 39.2 Å². The number of amides is 8. The van der Waals surface area contributed by atoms with Crippen LogP contribution in [0.15, 0.2) is 121 Å². The average molecular weight is 2020 g/mol. The first-order valence-electron chi connectivity index (χ1n) is 52.2. The van der Waals surface area contributed by atoms with E-state index in [2.05, 4.69) is 106 Å². The van der Waals surface area contributed by atoms with Gasteiger partial charge in [-0.2, -0.15) is 0 Å². The Bertz CT molecular complexity index is 4630. The van der Waals surface area contributed by atoms with E-state index in [1.54, 1.807) is 9.80 Å². The standard InChI is InChI=1S/4C23H27N3O2.4C5H10.4Fe/c4*1-24-11-13-25(14-12-24)20-10-9-19-21-17(20)7-4-8-18(21)22(27)26(23(19)28)15-16-5-2-3-6-16;4*1-2-4-5-3-1;;;;/h4*4,7-10,16H,2-3,5-6,11-15H2,1H3;4*1-5H2;;;;/q;;;;;;;;2*+2;2*+3/p+2. The second-order valence-corrected chi connectivity index (χ2v) is 41.5. The number of likely N-dealkylation sites (N-methyl/N-ethyl adjacent to an activating group) is 4. The number of quaternary nitrogens is 2. The Balaban J connectivity index is 0.000000141. The Morgan fingerprint density at radius 1 is 0.228 bits per heavy atom. The number of rotatable bonds is 12. The fourth-order valence-corrected chi connectivity index (χ4v) is 24.0. The van der Waals surface area contributed by atoms with Crippen molar-refractivity contribution in [1.82, 2.24) is 29.4 Å². The van der Waals surface area contributed by atoms with Gasteiger partial charge in [-0.05, 0) is 162 Å². The number of piperazine rings is 4. The van der Waals surface area contributed by atoms with Crippen molar-refractivity contribution in [3.05, 3.63) is 166 Å². The summed E-state index contributed by atoms with van der Waals surface area (Å²) < 4.78 is 0. The normalized spacial score (nSPS) is 21.0. The average Bonchev–Trinajstić information content (AvgIpc) is 0.912. The molecule has 0 bridgehead atoms. The van der Waals surface area contributed by atoms with Gasteiger partial charge in [-0.15, -0.1) is 0 Å². The predicted molar refractivity (Wildman–Crippen MR) is 535 cm³/mol. The quantitative estimate of drug-likeness (QED) is 0.0872. The maximum atomic E-state index is 13.2. The van der Waals surface area contributed by atoms with Gasteiger partial charge >= 0.3 is 68.3 Å². The molecule has 16 aliphatic rings. The monoisotopic (exact) mass is 2010 g/mol. The van der Waals surface area contributed by atoms with Gasteiger partial charge in [0.1, 0.15) is 0 Å². The summed E-state index contributed by atoms with van der Waals surface area (Å²) in [4.78, 5) is 129. The maximum Gasteiger partial charge on any atom is 3.00 e. The molecule has 8 saturated carbocycles.